The molecule has 4 N–H and O–H groups in total. The second-order valence-corrected chi connectivity index (χ2v) is 5.64. The first-order valence-corrected chi connectivity index (χ1v) is 7.50. The molecule has 1 aliphatic rings. The van der Waals surface area contributed by atoms with E-state index in [9.17, 15) is 17.6 Å². The molecule has 25 heavy (non-hydrogen) atoms. The number of aliphatic imine (C=N–C) groups is 2. The van der Waals surface area contributed by atoms with E-state index in [1.807, 2.05) is 11.8 Å². The average molecular weight is 382 g/mol. The molecular formula is C15H20ClF4N5. The lowest BCUT2D eigenvalue weighted by molar-refractivity contribution is -0.139. The van der Waals surface area contributed by atoms with Gasteiger partial charge in [0.15, 0.2) is 5.96 Å². The van der Waals surface area contributed by atoms with Crippen molar-refractivity contribution >= 4 is 30.0 Å². The number of benzene rings is 1. The topological polar surface area (TPSA) is 80.0 Å². The number of halogens is 5. The number of piperidine rings is 1. The van der Waals surface area contributed by atoms with Crippen molar-refractivity contribution in [3.05, 3.63) is 29.6 Å². The summed E-state index contributed by atoms with van der Waals surface area (Å²) < 4.78 is 51.3. The quantitative estimate of drug-likeness (QED) is 0.444. The minimum absolute atomic E-state index is 0. The van der Waals surface area contributed by atoms with Gasteiger partial charge in [-0.05, 0) is 44.4 Å². The van der Waals surface area contributed by atoms with Crippen LogP contribution in [0.4, 0.5) is 23.2 Å². The van der Waals surface area contributed by atoms with Gasteiger partial charge in [0.05, 0.1) is 11.3 Å². The van der Waals surface area contributed by atoms with Crippen LogP contribution in [-0.4, -0.2) is 29.4 Å². The Labute approximate surface area is 149 Å². The van der Waals surface area contributed by atoms with E-state index in [2.05, 4.69) is 9.98 Å². The first kappa shape index (κ1) is 21.0. The third kappa shape index (κ3) is 5.48. The van der Waals surface area contributed by atoms with Gasteiger partial charge in [0.2, 0.25) is 5.96 Å². The Kier molecular flexibility index (Phi) is 7.04. The Balaban J connectivity index is 0.00000312. The molecule has 0 spiro atoms. The summed E-state index contributed by atoms with van der Waals surface area (Å²) in [7, 11) is 0. The number of rotatable bonds is 1. The van der Waals surface area contributed by atoms with E-state index < -0.39 is 17.6 Å². The molecule has 0 bridgehead atoms. The maximum absolute atomic E-state index is 13.2. The summed E-state index contributed by atoms with van der Waals surface area (Å²) in [6.45, 7) is 2.74. The Morgan fingerprint density at radius 2 is 1.92 bits per heavy atom. The summed E-state index contributed by atoms with van der Waals surface area (Å²) in [6.07, 6.45) is -1.76. The number of hydrogen-bond donors (Lipinski definition) is 2. The van der Waals surface area contributed by atoms with Gasteiger partial charge in [-0.25, -0.2) is 9.38 Å². The van der Waals surface area contributed by atoms with Gasteiger partial charge in [-0.15, -0.1) is 12.4 Å². The fraction of sp³-hybridized carbons (Fsp3) is 0.467. The number of nitrogens with zero attached hydrogens (tertiary/aromatic N) is 3. The van der Waals surface area contributed by atoms with Crippen LogP contribution in [0.1, 0.15) is 31.7 Å². The van der Waals surface area contributed by atoms with E-state index in [0.717, 1.165) is 31.9 Å². The van der Waals surface area contributed by atoms with Crippen LogP contribution in [0.3, 0.4) is 0 Å². The van der Waals surface area contributed by atoms with Crippen molar-refractivity contribution in [3.63, 3.8) is 0 Å². The minimum atomic E-state index is -4.81. The molecule has 0 aromatic heterocycles. The van der Waals surface area contributed by atoms with Crippen LogP contribution in [0.5, 0.6) is 0 Å². The second kappa shape index (κ2) is 8.37. The molecule has 1 saturated heterocycles. The fourth-order valence-electron chi connectivity index (χ4n) is 2.58. The normalized spacial score (nSPS) is 19.6. The third-order valence-electron chi connectivity index (χ3n) is 3.83. The standard InChI is InChI=1S/C15H19F4N5.ClH/c1-9-4-2-3-7-24(9)14(21)23-13(20)22-10-5-6-12(16)11(8-10)15(17,18)19;/h5-6,8-9H,2-4,7H2,1H3,(H4,20,21,22,23);1H. The highest BCUT2D eigenvalue weighted by atomic mass is 35.5. The molecule has 5 nitrogen and oxygen atoms in total. The highest BCUT2D eigenvalue weighted by Gasteiger charge is 2.34. The number of alkyl halides is 3. The van der Waals surface area contributed by atoms with Crippen LogP contribution in [-0.2, 0) is 6.18 Å². The van der Waals surface area contributed by atoms with Gasteiger partial charge in [-0.2, -0.15) is 18.2 Å². The Morgan fingerprint density at radius 1 is 1.24 bits per heavy atom. The second-order valence-electron chi connectivity index (χ2n) is 5.64. The van der Waals surface area contributed by atoms with Gasteiger partial charge in [-0.3, -0.25) is 0 Å². The first-order chi connectivity index (χ1) is 11.2. The van der Waals surface area contributed by atoms with Crippen molar-refractivity contribution in [2.75, 3.05) is 6.54 Å². The van der Waals surface area contributed by atoms with Crippen LogP contribution >= 0.6 is 12.4 Å². The van der Waals surface area contributed by atoms with Gasteiger partial charge in [-0.1, -0.05) is 0 Å². The molecule has 0 radical (unpaired) electrons. The Morgan fingerprint density at radius 3 is 2.52 bits per heavy atom. The monoisotopic (exact) mass is 381 g/mol. The molecule has 140 valence electrons. The highest BCUT2D eigenvalue weighted by molar-refractivity contribution is 5.94. The number of nitrogens with two attached hydrogens (primary N) is 2. The molecule has 0 saturated carbocycles. The largest absolute Gasteiger partial charge is 0.419 e. The van der Waals surface area contributed by atoms with Gasteiger partial charge in [0.25, 0.3) is 0 Å². The van der Waals surface area contributed by atoms with Gasteiger partial charge in [0, 0.05) is 12.6 Å². The van der Waals surface area contributed by atoms with Crippen LogP contribution in [0, 0.1) is 5.82 Å². The zero-order valence-corrected chi connectivity index (χ0v) is 14.4. The zero-order valence-electron chi connectivity index (χ0n) is 13.6. The number of hydrogen-bond acceptors (Lipinski definition) is 1. The van der Waals surface area contributed by atoms with Crippen molar-refractivity contribution < 1.29 is 17.6 Å². The lowest BCUT2D eigenvalue weighted by atomic mass is 10.0. The van der Waals surface area contributed by atoms with E-state index in [0.29, 0.717) is 12.1 Å². The van der Waals surface area contributed by atoms with Gasteiger partial charge < -0.3 is 16.4 Å². The Hall–Kier alpha value is -2.03. The van der Waals surface area contributed by atoms with Crippen molar-refractivity contribution in [1.29, 1.82) is 0 Å². The molecule has 1 aromatic rings. The van der Waals surface area contributed by atoms with E-state index in [4.69, 9.17) is 11.5 Å². The lowest BCUT2D eigenvalue weighted by Crippen LogP contribution is -2.46. The molecule has 1 aromatic carbocycles. The summed E-state index contributed by atoms with van der Waals surface area (Å²) in [5.74, 6) is -1.49. The highest BCUT2D eigenvalue weighted by Crippen LogP contribution is 2.33. The lowest BCUT2D eigenvalue weighted by Gasteiger charge is -2.34. The molecule has 1 heterocycles. The average Bonchev–Trinajstić information content (AvgIpc) is 2.48. The van der Waals surface area contributed by atoms with E-state index in [1.165, 1.54) is 0 Å². The summed E-state index contributed by atoms with van der Waals surface area (Å²) in [4.78, 5) is 9.57. The molecular weight excluding hydrogens is 362 g/mol. The SMILES string of the molecule is CC1CCCCN1C(N)=NC(N)=Nc1ccc(F)c(C(F)(F)F)c1.Cl. The van der Waals surface area contributed by atoms with Crippen molar-refractivity contribution in [1.82, 2.24) is 4.90 Å². The maximum atomic E-state index is 13.2. The van der Waals surface area contributed by atoms with Gasteiger partial charge >= 0.3 is 6.18 Å². The molecule has 1 aliphatic heterocycles. The van der Waals surface area contributed by atoms with Crippen molar-refractivity contribution in [2.24, 2.45) is 21.5 Å². The molecule has 10 heteroatoms. The smallest absolute Gasteiger partial charge is 0.369 e. The predicted molar refractivity (Wildman–Crippen MR) is 91.6 cm³/mol. The molecule has 2 rings (SSSR count). The van der Waals surface area contributed by atoms with Crippen molar-refractivity contribution in [2.45, 2.75) is 38.4 Å². The zero-order chi connectivity index (χ0) is 17.9. The fourth-order valence-corrected chi connectivity index (χ4v) is 2.58. The van der Waals surface area contributed by atoms with Crippen LogP contribution in [0.2, 0.25) is 0 Å². The van der Waals surface area contributed by atoms with Crippen LogP contribution < -0.4 is 11.5 Å². The molecule has 1 fully saturated rings. The summed E-state index contributed by atoms with van der Waals surface area (Å²) in [6, 6.07) is 2.57. The molecule has 0 aliphatic carbocycles. The first-order valence-electron chi connectivity index (χ1n) is 7.50. The number of guanidine groups is 2. The van der Waals surface area contributed by atoms with Gasteiger partial charge in [0.1, 0.15) is 5.82 Å². The summed E-state index contributed by atoms with van der Waals surface area (Å²) in [5.41, 5.74) is 9.98. The summed E-state index contributed by atoms with van der Waals surface area (Å²) in [5, 5.41) is 0. The van der Waals surface area contributed by atoms with E-state index in [1.54, 1.807) is 0 Å². The molecule has 0 amide bonds. The molecule has 1 atom stereocenters. The van der Waals surface area contributed by atoms with E-state index in [-0.39, 0.29) is 36.1 Å². The molecule has 1 unspecified atom stereocenters. The maximum Gasteiger partial charge on any atom is 0.419 e. The minimum Gasteiger partial charge on any atom is -0.369 e. The van der Waals surface area contributed by atoms with Crippen LogP contribution in [0.15, 0.2) is 28.2 Å². The van der Waals surface area contributed by atoms with Crippen LogP contribution in [0.25, 0.3) is 0 Å². The third-order valence-corrected chi connectivity index (χ3v) is 3.83. The predicted octanol–water partition coefficient (Wildman–Crippen LogP) is 3.40. The van der Waals surface area contributed by atoms with E-state index >= 15 is 0 Å². The Bertz CT molecular complexity index is 660. The number of likely N-dealkylation sites (tertiary alicyclic amines) is 1. The van der Waals surface area contributed by atoms with Crippen molar-refractivity contribution in [3.8, 4) is 0 Å². The summed E-state index contributed by atoms with van der Waals surface area (Å²) >= 11 is 0.